The fourth-order valence-electron chi connectivity index (χ4n) is 2.75. The number of amides is 1. The molecule has 0 saturated carbocycles. The second kappa shape index (κ2) is 6.43. The molecule has 0 aliphatic carbocycles. The van der Waals surface area contributed by atoms with Gasteiger partial charge < -0.3 is 14.4 Å². The maximum absolute atomic E-state index is 12.4. The summed E-state index contributed by atoms with van der Waals surface area (Å²) in [5.41, 5.74) is 0.638. The minimum absolute atomic E-state index is 0.0742. The average molecular weight is 290 g/mol. The first-order chi connectivity index (χ1) is 10.2. The molecule has 0 radical (unpaired) electrons. The van der Waals surface area contributed by atoms with E-state index in [0.29, 0.717) is 18.1 Å². The predicted octanol–water partition coefficient (Wildman–Crippen LogP) is 2.12. The van der Waals surface area contributed by atoms with Crippen molar-refractivity contribution >= 4 is 5.91 Å². The summed E-state index contributed by atoms with van der Waals surface area (Å²) in [7, 11) is 0. The Morgan fingerprint density at radius 1 is 1.33 bits per heavy atom. The lowest BCUT2D eigenvalue weighted by atomic mass is 9.99. The van der Waals surface area contributed by atoms with Gasteiger partial charge in [0.1, 0.15) is 6.10 Å². The van der Waals surface area contributed by atoms with Crippen LogP contribution in [0, 0.1) is 5.92 Å². The van der Waals surface area contributed by atoms with Crippen LogP contribution in [-0.2, 0) is 4.74 Å². The Morgan fingerprint density at radius 3 is 2.76 bits per heavy atom. The molecule has 0 spiro atoms. The first-order valence-electron chi connectivity index (χ1n) is 7.72. The lowest BCUT2D eigenvalue weighted by molar-refractivity contribution is 0.0696. The molecule has 2 saturated heterocycles. The third-order valence-corrected chi connectivity index (χ3v) is 4.23. The van der Waals surface area contributed by atoms with Crippen molar-refractivity contribution in [2.45, 2.75) is 32.3 Å². The zero-order valence-corrected chi connectivity index (χ0v) is 12.5. The summed E-state index contributed by atoms with van der Waals surface area (Å²) in [5.74, 6) is 1.36. The van der Waals surface area contributed by atoms with Crippen LogP contribution in [0.3, 0.4) is 0 Å². The van der Waals surface area contributed by atoms with Gasteiger partial charge >= 0.3 is 0 Å². The quantitative estimate of drug-likeness (QED) is 0.855. The lowest BCUT2D eigenvalue weighted by Gasteiger charge is -2.30. The molecule has 1 atom stereocenters. The number of carbonyl (C=O) groups is 1. The van der Waals surface area contributed by atoms with Crippen LogP contribution in [0.4, 0.5) is 0 Å². The molecule has 114 valence electrons. The molecule has 21 heavy (non-hydrogen) atoms. The van der Waals surface area contributed by atoms with Crippen LogP contribution in [0.2, 0.25) is 0 Å². The molecule has 5 nitrogen and oxygen atoms in total. The third-order valence-electron chi connectivity index (χ3n) is 4.23. The highest BCUT2D eigenvalue weighted by Gasteiger charge is 2.22. The van der Waals surface area contributed by atoms with Crippen molar-refractivity contribution < 1.29 is 14.3 Å². The summed E-state index contributed by atoms with van der Waals surface area (Å²) in [6, 6.07) is 3.58. The van der Waals surface area contributed by atoms with E-state index in [0.717, 1.165) is 44.9 Å². The number of piperidine rings is 1. The largest absolute Gasteiger partial charge is 0.472 e. The summed E-state index contributed by atoms with van der Waals surface area (Å²) in [5, 5.41) is 0. The van der Waals surface area contributed by atoms with Gasteiger partial charge in [-0.15, -0.1) is 0 Å². The molecular weight excluding hydrogens is 268 g/mol. The van der Waals surface area contributed by atoms with Crippen molar-refractivity contribution in [1.82, 2.24) is 9.88 Å². The first kappa shape index (κ1) is 14.3. The van der Waals surface area contributed by atoms with Gasteiger partial charge in [-0.1, -0.05) is 6.92 Å². The van der Waals surface area contributed by atoms with Crippen molar-refractivity contribution in [3.05, 3.63) is 23.9 Å². The van der Waals surface area contributed by atoms with Crippen LogP contribution in [0.25, 0.3) is 0 Å². The second-order valence-corrected chi connectivity index (χ2v) is 5.96. The Kier molecular flexibility index (Phi) is 4.39. The SMILES string of the molecule is CC1CCN(C(=O)c2ccc(OC3CCOC3)nc2)CC1. The van der Waals surface area contributed by atoms with E-state index in [4.69, 9.17) is 9.47 Å². The number of ether oxygens (including phenoxy) is 2. The molecule has 2 fully saturated rings. The lowest BCUT2D eigenvalue weighted by Crippen LogP contribution is -2.37. The summed E-state index contributed by atoms with van der Waals surface area (Å²) in [4.78, 5) is 18.6. The number of pyridine rings is 1. The molecule has 0 aromatic carbocycles. The number of likely N-dealkylation sites (tertiary alicyclic amines) is 1. The third kappa shape index (κ3) is 3.53. The standard InChI is InChI=1S/C16H22N2O3/c1-12-4-7-18(8-5-12)16(19)13-2-3-15(17-10-13)21-14-6-9-20-11-14/h2-3,10,12,14H,4-9,11H2,1H3. The number of hydrogen-bond donors (Lipinski definition) is 0. The minimum atomic E-state index is 0.0742. The van der Waals surface area contributed by atoms with Gasteiger partial charge in [-0.05, 0) is 24.8 Å². The van der Waals surface area contributed by atoms with Crippen LogP contribution in [0.5, 0.6) is 5.88 Å². The van der Waals surface area contributed by atoms with Crippen molar-refractivity contribution in [3.8, 4) is 5.88 Å². The maximum Gasteiger partial charge on any atom is 0.255 e. The topological polar surface area (TPSA) is 51.7 Å². The highest BCUT2D eigenvalue weighted by molar-refractivity contribution is 5.94. The normalized spacial score (nSPS) is 23.3. The van der Waals surface area contributed by atoms with E-state index in [1.54, 1.807) is 18.3 Å². The van der Waals surface area contributed by atoms with Crippen molar-refractivity contribution in [2.24, 2.45) is 5.92 Å². The van der Waals surface area contributed by atoms with E-state index >= 15 is 0 Å². The molecule has 2 aliphatic heterocycles. The van der Waals surface area contributed by atoms with Gasteiger partial charge in [-0.3, -0.25) is 4.79 Å². The van der Waals surface area contributed by atoms with Gasteiger partial charge in [0.05, 0.1) is 18.8 Å². The first-order valence-corrected chi connectivity index (χ1v) is 7.72. The Morgan fingerprint density at radius 2 is 2.14 bits per heavy atom. The average Bonchev–Trinajstić information content (AvgIpc) is 3.01. The number of rotatable bonds is 3. The van der Waals surface area contributed by atoms with E-state index in [1.807, 2.05) is 4.90 Å². The molecule has 5 heteroatoms. The fraction of sp³-hybridized carbons (Fsp3) is 0.625. The maximum atomic E-state index is 12.4. The molecule has 1 unspecified atom stereocenters. The van der Waals surface area contributed by atoms with Gasteiger partial charge in [-0.25, -0.2) is 4.98 Å². The smallest absolute Gasteiger partial charge is 0.255 e. The number of hydrogen-bond acceptors (Lipinski definition) is 4. The summed E-state index contributed by atoms with van der Waals surface area (Å²) < 4.78 is 11.0. The fourth-order valence-corrected chi connectivity index (χ4v) is 2.75. The molecule has 1 aromatic rings. The van der Waals surface area contributed by atoms with Crippen molar-refractivity contribution in [3.63, 3.8) is 0 Å². The molecule has 1 amide bonds. The Bertz CT molecular complexity index is 475. The number of carbonyl (C=O) groups excluding carboxylic acids is 1. The van der Waals surface area contributed by atoms with Crippen molar-refractivity contribution in [1.29, 1.82) is 0 Å². The molecule has 2 aliphatic rings. The van der Waals surface area contributed by atoms with E-state index < -0.39 is 0 Å². The Hall–Kier alpha value is -1.62. The van der Waals surface area contributed by atoms with E-state index in [2.05, 4.69) is 11.9 Å². The molecular formula is C16H22N2O3. The molecule has 3 rings (SSSR count). The Labute approximate surface area is 125 Å². The molecule has 0 bridgehead atoms. The van der Waals surface area contributed by atoms with E-state index in [-0.39, 0.29) is 12.0 Å². The van der Waals surface area contributed by atoms with Gasteiger partial charge in [0, 0.05) is 31.8 Å². The van der Waals surface area contributed by atoms with Crippen LogP contribution >= 0.6 is 0 Å². The van der Waals surface area contributed by atoms with Crippen LogP contribution in [0.1, 0.15) is 36.5 Å². The number of nitrogens with zero attached hydrogens (tertiary/aromatic N) is 2. The van der Waals surface area contributed by atoms with E-state index in [9.17, 15) is 4.79 Å². The van der Waals surface area contributed by atoms with Crippen LogP contribution in [0.15, 0.2) is 18.3 Å². The zero-order chi connectivity index (χ0) is 14.7. The Balaban J connectivity index is 1.59. The minimum Gasteiger partial charge on any atom is -0.472 e. The van der Waals surface area contributed by atoms with Gasteiger partial charge in [-0.2, -0.15) is 0 Å². The molecule has 0 N–H and O–H groups in total. The molecule has 1 aromatic heterocycles. The van der Waals surface area contributed by atoms with Crippen molar-refractivity contribution in [2.75, 3.05) is 26.3 Å². The van der Waals surface area contributed by atoms with Crippen LogP contribution < -0.4 is 4.74 Å². The highest BCUT2D eigenvalue weighted by Crippen LogP contribution is 2.19. The second-order valence-electron chi connectivity index (χ2n) is 5.96. The van der Waals surface area contributed by atoms with Gasteiger partial charge in [0.25, 0.3) is 5.91 Å². The zero-order valence-electron chi connectivity index (χ0n) is 12.5. The van der Waals surface area contributed by atoms with Crippen LogP contribution in [-0.4, -0.2) is 48.2 Å². The number of aromatic nitrogens is 1. The summed E-state index contributed by atoms with van der Waals surface area (Å²) in [6.45, 7) is 5.29. The predicted molar refractivity (Wildman–Crippen MR) is 78.4 cm³/mol. The van der Waals surface area contributed by atoms with E-state index in [1.165, 1.54) is 0 Å². The summed E-state index contributed by atoms with van der Waals surface area (Å²) in [6.07, 6.45) is 4.77. The van der Waals surface area contributed by atoms with Gasteiger partial charge in [0.2, 0.25) is 5.88 Å². The monoisotopic (exact) mass is 290 g/mol. The summed E-state index contributed by atoms with van der Waals surface area (Å²) >= 11 is 0. The molecule has 3 heterocycles. The highest BCUT2D eigenvalue weighted by atomic mass is 16.5. The van der Waals surface area contributed by atoms with Gasteiger partial charge in [0.15, 0.2) is 0 Å².